The second-order valence-corrected chi connectivity index (χ2v) is 6.84. The highest BCUT2D eigenvalue weighted by Gasteiger charge is 2.19. The Labute approximate surface area is 160 Å². The fraction of sp³-hybridized carbons (Fsp3) is 0.273. The Hall–Kier alpha value is -3.08. The molecule has 27 heavy (non-hydrogen) atoms. The van der Waals surface area contributed by atoms with Crippen LogP contribution in [0.5, 0.6) is 5.75 Å². The molecular weight excluding hydrogens is 336 g/mol. The molecule has 0 unspecified atom stereocenters. The number of anilines is 2. The molecule has 1 aliphatic heterocycles. The lowest BCUT2D eigenvalue weighted by atomic mass is 9.99. The molecule has 1 aliphatic rings. The summed E-state index contributed by atoms with van der Waals surface area (Å²) in [7, 11) is 1.71. The molecule has 1 N–H and O–H groups in total. The van der Waals surface area contributed by atoms with Gasteiger partial charge in [-0.1, -0.05) is 36.4 Å². The van der Waals surface area contributed by atoms with E-state index in [2.05, 4.69) is 45.5 Å². The highest BCUT2D eigenvalue weighted by Crippen LogP contribution is 2.27. The summed E-state index contributed by atoms with van der Waals surface area (Å²) in [5, 5.41) is 3.35. The Bertz CT molecular complexity index is 927. The highest BCUT2D eigenvalue weighted by molar-refractivity contribution is 5.49. The van der Waals surface area contributed by atoms with Crippen molar-refractivity contribution in [2.45, 2.75) is 26.4 Å². The summed E-state index contributed by atoms with van der Waals surface area (Å²) >= 11 is 0. The van der Waals surface area contributed by atoms with Crippen molar-refractivity contribution in [3.8, 4) is 5.75 Å². The van der Waals surface area contributed by atoms with Crippen molar-refractivity contribution in [2.24, 2.45) is 0 Å². The van der Waals surface area contributed by atoms with Gasteiger partial charge in [-0.15, -0.1) is 0 Å². The van der Waals surface area contributed by atoms with Gasteiger partial charge in [-0.05, 0) is 42.2 Å². The third kappa shape index (κ3) is 4.03. The standard InChI is InChI=1S/C22H24N4O/c1-16-12-21(25-22(24-16)23-14-17-6-4-3-5-7-17)26-11-10-18-13-20(27-2)9-8-19(18)15-26/h3-9,12-13H,10-11,14-15H2,1-2H3,(H,23,24,25). The minimum Gasteiger partial charge on any atom is -0.497 e. The minimum atomic E-state index is 0.675. The molecule has 2 heterocycles. The molecule has 138 valence electrons. The fourth-order valence-electron chi connectivity index (χ4n) is 3.42. The lowest BCUT2D eigenvalue weighted by molar-refractivity contribution is 0.413. The Kier molecular flexibility index (Phi) is 4.92. The number of nitrogens with zero attached hydrogens (tertiary/aromatic N) is 3. The molecular formula is C22H24N4O. The van der Waals surface area contributed by atoms with Gasteiger partial charge >= 0.3 is 0 Å². The molecule has 2 aromatic carbocycles. The van der Waals surface area contributed by atoms with Gasteiger partial charge in [0.1, 0.15) is 11.6 Å². The van der Waals surface area contributed by atoms with E-state index >= 15 is 0 Å². The maximum absolute atomic E-state index is 5.34. The molecule has 0 atom stereocenters. The molecule has 5 nitrogen and oxygen atoms in total. The van der Waals surface area contributed by atoms with E-state index in [1.165, 1.54) is 16.7 Å². The molecule has 0 amide bonds. The predicted octanol–water partition coefficient (Wildman–Crippen LogP) is 3.97. The lowest BCUT2D eigenvalue weighted by Crippen LogP contribution is -2.31. The molecule has 0 radical (unpaired) electrons. The molecule has 0 aliphatic carbocycles. The number of ether oxygens (including phenoxy) is 1. The second-order valence-electron chi connectivity index (χ2n) is 6.84. The fourth-order valence-corrected chi connectivity index (χ4v) is 3.42. The maximum Gasteiger partial charge on any atom is 0.225 e. The van der Waals surface area contributed by atoms with Crippen molar-refractivity contribution in [1.29, 1.82) is 0 Å². The Morgan fingerprint density at radius 2 is 1.89 bits per heavy atom. The maximum atomic E-state index is 5.34. The Morgan fingerprint density at radius 3 is 2.70 bits per heavy atom. The van der Waals surface area contributed by atoms with E-state index in [1.54, 1.807) is 7.11 Å². The van der Waals surface area contributed by atoms with E-state index in [9.17, 15) is 0 Å². The van der Waals surface area contributed by atoms with Crippen molar-refractivity contribution in [1.82, 2.24) is 9.97 Å². The molecule has 0 saturated heterocycles. The molecule has 0 saturated carbocycles. The smallest absolute Gasteiger partial charge is 0.225 e. The van der Waals surface area contributed by atoms with Gasteiger partial charge in [-0.25, -0.2) is 4.98 Å². The van der Waals surface area contributed by atoms with Crippen molar-refractivity contribution in [2.75, 3.05) is 23.9 Å². The number of hydrogen-bond donors (Lipinski definition) is 1. The molecule has 0 bridgehead atoms. The molecule has 4 rings (SSSR count). The summed E-state index contributed by atoms with van der Waals surface area (Å²) in [6.07, 6.45) is 0.988. The van der Waals surface area contributed by atoms with Crippen LogP contribution in [-0.4, -0.2) is 23.6 Å². The van der Waals surface area contributed by atoms with Gasteiger partial charge in [0.2, 0.25) is 5.95 Å². The number of hydrogen-bond acceptors (Lipinski definition) is 5. The van der Waals surface area contributed by atoms with Gasteiger partial charge in [0.05, 0.1) is 7.11 Å². The van der Waals surface area contributed by atoms with Crippen molar-refractivity contribution in [3.63, 3.8) is 0 Å². The van der Waals surface area contributed by atoms with Gasteiger partial charge in [0.15, 0.2) is 0 Å². The number of rotatable bonds is 5. The van der Waals surface area contributed by atoms with Crippen LogP contribution in [0, 0.1) is 6.92 Å². The van der Waals surface area contributed by atoms with Crippen LogP contribution in [0.3, 0.4) is 0 Å². The molecule has 3 aromatic rings. The van der Waals surface area contributed by atoms with Crippen molar-refractivity contribution >= 4 is 11.8 Å². The summed E-state index contributed by atoms with van der Waals surface area (Å²) < 4.78 is 5.34. The highest BCUT2D eigenvalue weighted by atomic mass is 16.5. The SMILES string of the molecule is COc1ccc2c(c1)CCN(c1cc(C)nc(NCc3ccccc3)n1)C2. The first-order valence-electron chi connectivity index (χ1n) is 9.25. The van der Waals surface area contributed by atoms with Gasteiger partial charge in [-0.3, -0.25) is 0 Å². The van der Waals surface area contributed by atoms with Crippen LogP contribution in [0.4, 0.5) is 11.8 Å². The van der Waals surface area contributed by atoms with E-state index < -0.39 is 0 Å². The van der Waals surface area contributed by atoms with E-state index in [0.29, 0.717) is 12.5 Å². The average Bonchev–Trinajstić information content (AvgIpc) is 2.72. The van der Waals surface area contributed by atoms with Gasteiger partial charge in [-0.2, -0.15) is 4.98 Å². The molecule has 0 spiro atoms. The Morgan fingerprint density at radius 1 is 1.04 bits per heavy atom. The number of benzene rings is 2. The zero-order valence-corrected chi connectivity index (χ0v) is 15.8. The first-order chi connectivity index (χ1) is 13.2. The predicted molar refractivity (Wildman–Crippen MR) is 108 cm³/mol. The van der Waals surface area contributed by atoms with Crippen LogP contribution >= 0.6 is 0 Å². The van der Waals surface area contributed by atoms with Crippen molar-refractivity contribution < 1.29 is 4.74 Å². The first kappa shape index (κ1) is 17.3. The zero-order valence-electron chi connectivity index (χ0n) is 15.8. The normalized spacial score (nSPS) is 13.2. The van der Waals surface area contributed by atoms with Crippen LogP contribution in [0.25, 0.3) is 0 Å². The van der Waals surface area contributed by atoms with Gasteiger partial charge in [0, 0.05) is 31.4 Å². The van der Waals surface area contributed by atoms with Gasteiger partial charge < -0.3 is 15.0 Å². The van der Waals surface area contributed by atoms with E-state index in [0.717, 1.165) is 36.8 Å². The van der Waals surface area contributed by atoms with Crippen LogP contribution in [0.15, 0.2) is 54.6 Å². The monoisotopic (exact) mass is 360 g/mol. The summed E-state index contributed by atoms with van der Waals surface area (Å²) in [5.74, 6) is 2.57. The first-order valence-corrected chi connectivity index (χ1v) is 9.25. The third-order valence-corrected chi connectivity index (χ3v) is 4.88. The second kappa shape index (κ2) is 7.66. The summed E-state index contributed by atoms with van der Waals surface area (Å²) in [6, 6.07) is 18.7. The average molecular weight is 360 g/mol. The molecule has 5 heteroatoms. The summed E-state index contributed by atoms with van der Waals surface area (Å²) in [6.45, 7) is 4.52. The molecule has 1 aromatic heterocycles. The van der Waals surface area contributed by atoms with Crippen molar-refractivity contribution in [3.05, 3.63) is 77.0 Å². The van der Waals surface area contributed by atoms with Crippen LogP contribution in [-0.2, 0) is 19.5 Å². The summed E-state index contributed by atoms with van der Waals surface area (Å²) in [5.41, 5.74) is 4.87. The quantitative estimate of drug-likeness (QED) is 0.746. The lowest BCUT2D eigenvalue weighted by Gasteiger charge is -2.30. The topological polar surface area (TPSA) is 50.3 Å². The number of nitrogens with one attached hydrogen (secondary N) is 1. The number of methoxy groups -OCH3 is 1. The van der Waals surface area contributed by atoms with Crippen LogP contribution in [0.2, 0.25) is 0 Å². The van der Waals surface area contributed by atoms with E-state index in [-0.39, 0.29) is 0 Å². The largest absolute Gasteiger partial charge is 0.497 e. The molecule has 0 fully saturated rings. The summed E-state index contributed by atoms with van der Waals surface area (Å²) in [4.78, 5) is 11.6. The van der Waals surface area contributed by atoms with Crippen LogP contribution < -0.4 is 15.0 Å². The number of aromatic nitrogens is 2. The third-order valence-electron chi connectivity index (χ3n) is 4.88. The zero-order chi connectivity index (χ0) is 18.6. The van der Waals surface area contributed by atoms with Crippen LogP contribution in [0.1, 0.15) is 22.4 Å². The van der Waals surface area contributed by atoms with Gasteiger partial charge in [0.25, 0.3) is 0 Å². The minimum absolute atomic E-state index is 0.675. The Balaban J connectivity index is 1.51. The number of aryl methyl sites for hydroxylation is 1. The van der Waals surface area contributed by atoms with E-state index in [4.69, 9.17) is 9.72 Å². The number of fused-ring (bicyclic) bond motifs is 1. The van der Waals surface area contributed by atoms with E-state index in [1.807, 2.05) is 31.2 Å².